The van der Waals surface area contributed by atoms with Crippen LogP contribution in [-0.4, -0.2) is 25.1 Å². The second-order valence-corrected chi connectivity index (χ2v) is 5.56. The summed E-state index contributed by atoms with van der Waals surface area (Å²) in [5, 5.41) is 10.0. The molecule has 7 nitrogen and oxygen atoms in total. The third-order valence-electron chi connectivity index (χ3n) is 3.14. The van der Waals surface area contributed by atoms with Gasteiger partial charge in [-0.1, -0.05) is 6.07 Å². The van der Waals surface area contributed by atoms with E-state index in [1.807, 2.05) is 29.6 Å². The summed E-state index contributed by atoms with van der Waals surface area (Å²) >= 11 is 1.52. The van der Waals surface area contributed by atoms with Gasteiger partial charge in [-0.15, -0.1) is 21.5 Å². The van der Waals surface area contributed by atoms with Gasteiger partial charge in [-0.2, -0.15) is 0 Å². The third-order valence-corrected chi connectivity index (χ3v) is 3.99. The van der Waals surface area contributed by atoms with Crippen LogP contribution in [0, 0.1) is 0 Å². The average Bonchev–Trinajstić information content (AvgIpc) is 3.27. The van der Waals surface area contributed by atoms with Crippen molar-refractivity contribution in [2.24, 2.45) is 0 Å². The monoisotopic (exact) mass is 322 g/mol. The highest BCUT2D eigenvalue weighted by atomic mass is 32.1. The summed E-state index contributed by atoms with van der Waals surface area (Å²) in [4.78, 5) is 13.6. The fourth-order valence-corrected chi connectivity index (χ4v) is 2.68. The molecule has 0 aliphatic rings. The molecular formula is C15H10N6OS. The minimum absolute atomic E-state index is 0.240. The molecule has 0 saturated heterocycles. The van der Waals surface area contributed by atoms with Crippen molar-refractivity contribution in [2.75, 3.05) is 5.73 Å². The molecule has 0 aliphatic carbocycles. The Kier molecular flexibility index (Phi) is 3.28. The summed E-state index contributed by atoms with van der Waals surface area (Å²) in [5.74, 6) is 0.920. The lowest BCUT2D eigenvalue weighted by molar-refractivity contribution is 0.583. The first-order chi connectivity index (χ1) is 11.3. The van der Waals surface area contributed by atoms with Crippen LogP contribution in [0.1, 0.15) is 0 Å². The second-order valence-electron chi connectivity index (χ2n) is 4.61. The van der Waals surface area contributed by atoms with Crippen molar-refractivity contribution < 1.29 is 4.42 Å². The normalized spacial score (nSPS) is 10.8. The zero-order valence-electron chi connectivity index (χ0n) is 11.7. The highest BCUT2D eigenvalue weighted by Crippen LogP contribution is 2.29. The van der Waals surface area contributed by atoms with Gasteiger partial charge in [0.25, 0.3) is 11.8 Å². The molecule has 2 N–H and O–H groups in total. The van der Waals surface area contributed by atoms with Crippen LogP contribution in [0.5, 0.6) is 0 Å². The van der Waals surface area contributed by atoms with Crippen LogP contribution in [0.2, 0.25) is 0 Å². The van der Waals surface area contributed by atoms with Gasteiger partial charge < -0.3 is 10.2 Å². The number of rotatable bonds is 3. The van der Waals surface area contributed by atoms with E-state index in [1.165, 1.54) is 11.3 Å². The third kappa shape index (κ3) is 2.55. The van der Waals surface area contributed by atoms with E-state index in [0.29, 0.717) is 17.3 Å². The fourth-order valence-electron chi connectivity index (χ4n) is 2.04. The van der Waals surface area contributed by atoms with Crippen molar-refractivity contribution in [1.29, 1.82) is 0 Å². The minimum Gasteiger partial charge on any atom is -0.414 e. The Morgan fingerprint density at radius 2 is 1.87 bits per heavy atom. The molecule has 0 unspecified atom stereocenters. The molecule has 0 aromatic carbocycles. The van der Waals surface area contributed by atoms with E-state index >= 15 is 0 Å². The second kappa shape index (κ2) is 5.58. The number of nitrogens with two attached hydrogens (primary N) is 1. The van der Waals surface area contributed by atoms with E-state index in [4.69, 9.17) is 10.2 Å². The SMILES string of the molecule is Nc1ncc(-c2ccncc2)nc1-c1nnc(-c2cccs2)o1. The summed E-state index contributed by atoms with van der Waals surface area (Å²) in [6, 6.07) is 7.51. The highest BCUT2D eigenvalue weighted by molar-refractivity contribution is 7.13. The van der Waals surface area contributed by atoms with Crippen LogP contribution in [-0.2, 0) is 0 Å². The van der Waals surface area contributed by atoms with Crippen LogP contribution in [0.4, 0.5) is 5.82 Å². The first kappa shape index (κ1) is 13.5. The number of thiophene rings is 1. The maximum atomic E-state index is 5.92. The van der Waals surface area contributed by atoms with Crippen LogP contribution < -0.4 is 5.73 Å². The lowest BCUT2D eigenvalue weighted by atomic mass is 10.2. The van der Waals surface area contributed by atoms with Crippen molar-refractivity contribution in [1.82, 2.24) is 25.1 Å². The summed E-state index contributed by atoms with van der Waals surface area (Å²) in [7, 11) is 0. The standard InChI is InChI=1S/C15H10N6OS/c16-13-12(15-21-20-14(22-15)11-2-1-7-23-11)19-10(8-18-13)9-3-5-17-6-4-9/h1-8H,(H2,16,18). The average molecular weight is 322 g/mol. The van der Waals surface area contributed by atoms with E-state index in [0.717, 1.165) is 10.4 Å². The van der Waals surface area contributed by atoms with Crippen molar-refractivity contribution in [3.63, 3.8) is 0 Å². The molecule has 8 heteroatoms. The molecular weight excluding hydrogens is 312 g/mol. The predicted molar refractivity (Wildman–Crippen MR) is 86.3 cm³/mol. The Hall–Kier alpha value is -3.13. The molecule has 112 valence electrons. The van der Waals surface area contributed by atoms with Gasteiger partial charge in [0, 0.05) is 18.0 Å². The number of hydrogen-bond donors (Lipinski definition) is 1. The summed E-state index contributed by atoms with van der Waals surface area (Å²) in [6.45, 7) is 0. The molecule has 0 spiro atoms. The first-order valence-corrected chi connectivity index (χ1v) is 7.60. The van der Waals surface area contributed by atoms with Crippen LogP contribution in [0.3, 0.4) is 0 Å². The molecule has 0 fully saturated rings. The van der Waals surface area contributed by atoms with Crippen molar-refractivity contribution in [3.05, 3.63) is 48.2 Å². The van der Waals surface area contributed by atoms with Gasteiger partial charge in [-0.3, -0.25) is 4.98 Å². The Morgan fingerprint density at radius 1 is 1.04 bits per heavy atom. The molecule has 0 radical (unpaired) electrons. The van der Waals surface area contributed by atoms with Gasteiger partial charge in [0.1, 0.15) is 0 Å². The molecule has 0 saturated carbocycles. The summed E-state index contributed by atoms with van der Waals surface area (Å²) < 4.78 is 5.68. The largest absolute Gasteiger partial charge is 0.414 e. The van der Waals surface area contributed by atoms with E-state index in [-0.39, 0.29) is 11.7 Å². The number of aromatic nitrogens is 5. The quantitative estimate of drug-likeness (QED) is 0.618. The Morgan fingerprint density at radius 3 is 2.65 bits per heavy atom. The van der Waals surface area contributed by atoms with Crippen molar-refractivity contribution in [2.45, 2.75) is 0 Å². The predicted octanol–water partition coefficient (Wildman–Crippen LogP) is 2.90. The highest BCUT2D eigenvalue weighted by Gasteiger charge is 2.17. The molecule has 4 aromatic heterocycles. The minimum atomic E-state index is 0.240. The Labute approximate surface area is 134 Å². The molecule has 0 amide bonds. The van der Waals surface area contributed by atoms with Gasteiger partial charge in [0.05, 0.1) is 16.8 Å². The zero-order valence-corrected chi connectivity index (χ0v) is 12.6. The van der Waals surface area contributed by atoms with Gasteiger partial charge in [0.2, 0.25) is 0 Å². The van der Waals surface area contributed by atoms with Gasteiger partial charge >= 0.3 is 0 Å². The number of anilines is 1. The smallest absolute Gasteiger partial charge is 0.270 e. The number of nitrogen functional groups attached to an aromatic ring is 1. The lowest BCUT2D eigenvalue weighted by Gasteiger charge is -2.03. The topological polar surface area (TPSA) is 104 Å². The molecule has 4 heterocycles. The molecule has 23 heavy (non-hydrogen) atoms. The maximum absolute atomic E-state index is 5.92. The van der Waals surface area contributed by atoms with E-state index in [2.05, 4.69) is 25.1 Å². The molecule has 4 rings (SSSR count). The fraction of sp³-hybridized carbons (Fsp3) is 0. The van der Waals surface area contributed by atoms with Crippen LogP contribution >= 0.6 is 11.3 Å². The molecule has 0 aliphatic heterocycles. The van der Waals surface area contributed by atoms with Crippen molar-refractivity contribution in [3.8, 4) is 33.6 Å². The molecule has 0 atom stereocenters. The lowest BCUT2D eigenvalue weighted by Crippen LogP contribution is -1.99. The maximum Gasteiger partial charge on any atom is 0.270 e. The van der Waals surface area contributed by atoms with Crippen molar-refractivity contribution >= 4 is 17.2 Å². The summed E-state index contributed by atoms with van der Waals surface area (Å²) in [6.07, 6.45) is 4.98. The van der Waals surface area contributed by atoms with Gasteiger partial charge in [-0.25, -0.2) is 9.97 Å². The van der Waals surface area contributed by atoms with Gasteiger partial charge in [0.15, 0.2) is 11.5 Å². The molecule has 0 bridgehead atoms. The van der Waals surface area contributed by atoms with Gasteiger partial charge in [-0.05, 0) is 23.6 Å². The molecule has 4 aromatic rings. The van der Waals surface area contributed by atoms with Crippen LogP contribution in [0.15, 0.2) is 52.7 Å². The van der Waals surface area contributed by atoms with E-state index in [9.17, 15) is 0 Å². The van der Waals surface area contributed by atoms with E-state index < -0.39 is 0 Å². The first-order valence-electron chi connectivity index (χ1n) is 6.72. The Balaban J connectivity index is 1.77. The zero-order chi connectivity index (χ0) is 15.6. The van der Waals surface area contributed by atoms with E-state index in [1.54, 1.807) is 18.6 Å². The summed E-state index contributed by atoms with van der Waals surface area (Å²) in [5.41, 5.74) is 7.83. The Bertz CT molecular complexity index is 936. The number of nitrogens with zero attached hydrogens (tertiary/aromatic N) is 5. The van der Waals surface area contributed by atoms with Crippen LogP contribution in [0.25, 0.3) is 33.6 Å². The number of hydrogen-bond acceptors (Lipinski definition) is 8. The number of pyridine rings is 1.